The molecule has 0 spiro atoms. The summed E-state index contributed by atoms with van der Waals surface area (Å²) in [5.74, 6) is 1.75. The Hall–Kier alpha value is -2.78. The Morgan fingerprint density at radius 2 is 2.11 bits per heavy atom. The van der Waals surface area contributed by atoms with E-state index < -0.39 is 0 Å². The van der Waals surface area contributed by atoms with Gasteiger partial charge >= 0.3 is 0 Å². The van der Waals surface area contributed by atoms with Gasteiger partial charge in [0.1, 0.15) is 11.3 Å². The minimum atomic E-state index is -0.0271. The van der Waals surface area contributed by atoms with Crippen molar-refractivity contribution in [3.63, 3.8) is 0 Å². The Bertz CT molecular complexity index is 1080. The number of hydrogen-bond acceptors (Lipinski definition) is 7. The van der Waals surface area contributed by atoms with Crippen molar-refractivity contribution in [3.05, 3.63) is 24.0 Å². The Morgan fingerprint density at radius 3 is 2.83 bits per heavy atom. The lowest BCUT2D eigenvalue weighted by Gasteiger charge is -2.38. The zero-order valence-electron chi connectivity index (χ0n) is 21.4. The highest BCUT2D eigenvalue weighted by Gasteiger charge is 2.35. The number of unbranched alkanes of at least 4 members (excludes halogenated alkanes) is 1. The molecule has 0 saturated carbocycles. The maximum Gasteiger partial charge on any atom is 0.290 e. The zero-order valence-corrected chi connectivity index (χ0v) is 21.4. The summed E-state index contributed by atoms with van der Waals surface area (Å²) in [6.45, 7) is 8.01. The molecule has 2 aliphatic rings. The van der Waals surface area contributed by atoms with Crippen LogP contribution in [-0.2, 0) is 11.3 Å². The molecule has 0 aliphatic carbocycles. The van der Waals surface area contributed by atoms with Gasteiger partial charge in [0, 0.05) is 64.5 Å². The number of nitrogens with one attached hydrogen (secondary N) is 1. The van der Waals surface area contributed by atoms with E-state index in [2.05, 4.69) is 33.9 Å². The molecule has 9 nitrogen and oxygen atoms in total. The molecule has 2 aromatic rings. The summed E-state index contributed by atoms with van der Waals surface area (Å²) in [6, 6.07) is 5.93. The number of para-hydroxylation sites is 1. The number of aromatic nitrogens is 2. The summed E-state index contributed by atoms with van der Waals surface area (Å²) < 4.78 is 12.9. The molecule has 2 aliphatic heterocycles. The molecule has 0 radical (unpaired) electrons. The van der Waals surface area contributed by atoms with E-state index in [4.69, 9.17) is 14.5 Å². The van der Waals surface area contributed by atoms with Crippen LogP contribution in [0.4, 0.5) is 0 Å². The Kier molecular flexibility index (Phi) is 8.51. The quantitative estimate of drug-likeness (QED) is 0.496. The van der Waals surface area contributed by atoms with Crippen molar-refractivity contribution in [1.29, 1.82) is 0 Å². The molecule has 35 heavy (non-hydrogen) atoms. The van der Waals surface area contributed by atoms with E-state index in [0.29, 0.717) is 37.2 Å². The minimum Gasteiger partial charge on any atom is -0.494 e. The van der Waals surface area contributed by atoms with Crippen LogP contribution in [0.2, 0.25) is 0 Å². The van der Waals surface area contributed by atoms with Crippen LogP contribution in [0, 0.1) is 11.8 Å². The molecule has 0 bridgehead atoms. The van der Waals surface area contributed by atoms with Crippen LogP contribution >= 0.6 is 0 Å². The first-order valence-corrected chi connectivity index (χ1v) is 12.7. The van der Waals surface area contributed by atoms with Crippen molar-refractivity contribution in [1.82, 2.24) is 19.8 Å². The van der Waals surface area contributed by atoms with Crippen molar-refractivity contribution in [2.75, 3.05) is 40.5 Å². The second-order valence-electron chi connectivity index (χ2n) is 9.80. The van der Waals surface area contributed by atoms with E-state index in [0.717, 1.165) is 55.5 Å². The van der Waals surface area contributed by atoms with E-state index in [1.807, 2.05) is 29.3 Å². The van der Waals surface area contributed by atoms with Gasteiger partial charge in [0.25, 0.3) is 5.91 Å². The molecule has 2 atom stereocenters. The summed E-state index contributed by atoms with van der Waals surface area (Å²) in [7, 11) is 3.35. The molecule has 4 rings (SSSR count). The number of ether oxygens (including phenoxy) is 2. The van der Waals surface area contributed by atoms with Gasteiger partial charge in [-0.1, -0.05) is 19.9 Å². The fraction of sp³-hybridized carbons (Fsp3) is 0.615. The lowest BCUT2D eigenvalue weighted by atomic mass is 9.89. The summed E-state index contributed by atoms with van der Waals surface area (Å²) in [5, 5.41) is 11.9. The minimum absolute atomic E-state index is 0.0271. The first-order valence-electron chi connectivity index (χ1n) is 12.7. The van der Waals surface area contributed by atoms with Crippen LogP contribution < -0.4 is 10.1 Å². The number of carbonyl (C=O) groups is 1. The van der Waals surface area contributed by atoms with Crippen molar-refractivity contribution < 1.29 is 14.3 Å². The molecule has 1 aromatic heterocycles. The number of aryl methyl sites for hydroxylation is 1. The number of hydrogen-bond donors (Lipinski definition) is 1. The average molecular weight is 483 g/mol. The fourth-order valence-electron chi connectivity index (χ4n) is 5.06. The third-order valence-corrected chi connectivity index (χ3v) is 6.76. The van der Waals surface area contributed by atoms with Gasteiger partial charge in [0.15, 0.2) is 5.82 Å². The lowest BCUT2D eigenvalue weighted by Crippen LogP contribution is -2.53. The van der Waals surface area contributed by atoms with Crippen molar-refractivity contribution in [3.8, 4) is 5.75 Å². The summed E-state index contributed by atoms with van der Waals surface area (Å²) >= 11 is 0. The van der Waals surface area contributed by atoms with Crippen LogP contribution in [0.5, 0.6) is 5.75 Å². The van der Waals surface area contributed by atoms with Gasteiger partial charge in [-0.3, -0.25) is 4.79 Å². The third kappa shape index (κ3) is 5.73. The van der Waals surface area contributed by atoms with E-state index in [1.54, 1.807) is 14.2 Å². The first kappa shape index (κ1) is 25.3. The summed E-state index contributed by atoms with van der Waals surface area (Å²) in [4.78, 5) is 21.1. The maximum absolute atomic E-state index is 14.2. The van der Waals surface area contributed by atoms with Crippen LogP contribution in [0.15, 0.2) is 28.4 Å². The number of fused-ring (bicyclic) bond motifs is 1. The molecule has 1 amide bonds. The van der Waals surface area contributed by atoms with E-state index in [1.165, 1.54) is 0 Å². The fourth-order valence-corrected chi connectivity index (χ4v) is 5.06. The van der Waals surface area contributed by atoms with E-state index >= 15 is 0 Å². The molecular formula is C26H38N6O3. The monoisotopic (exact) mass is 482 g/mol. The highest BCUT2D eigenvalue weighted by Crippen LogP contribution is 2.28. The van der Waals surface area contributed by atoms with Crippen molar-refractivity contribution >= 4 is 28.9 Å². The number of benzene rings is 1. The smallest absolute Gasteiger partial charge is 0.290 e. The third-order valence-electron chi connectivity index (χ3n) is 6.76. The second-order valence-corrected chi connectivity index (χ2v) is 9.80. The molecule has 9 heteroatoms. The summed E-state index contributed by atoms with van der Waals surface area (Å²) in [5.41, 5.74) is 2.76. The van der Waals surface area contributed by atoms with Gasteiger partial charge < -0.3 is 24.3 Å². The standard InChI is InChI=1S/C26H38N6O3/c1-18(2)17-32(20-14-19(15-27-16-20)21-10-11-28-30-21)26(33)25-29-24-22(8-7-9-23(24)35-4)31(25)12-5-6-13-34-3/h7-9,11,18-20,27H,5-6,10,12-17H2,1-4H3/t19-,20+/m1/s1. The van der Waals surface area contributed by atoms with Crippen LogP contribution in [0.3, 0.4) is 0 Å². The number of imidazole rings is 1. The molecule has 190 valence electrons. The average Bonchev–Trinajstić information content (AvgIpc) is 3.53. The summed E-state index contributed by atoms with van der Waals surface area (Å²) in [6.07, 6.45) is 5.35. The van der Waals surface area contributed by atoms with Crippen LogP contribution in [-0.4, -0.2) is 78.8 Å². The Labute approximate surface area is 207 Å². The molecule has 1 saturated heterocycles. The predicted octanol–water partition coefficient (Wildman–Crippen LogP) is 3.38. The van der Waals surface area contributed by atoms with Crippen LogP contribution in [0.25, 0.3) is 11.0 Å². The highest BCUT2D eigenvalue weighted by molar-refractivity contribution is 6.00. The lowest BCUT2D eigenvalue weighted by molar-refractivity contribution is 0.0589. The highest BCUT2D eigenvalue weighted by atomic mass is 16.5. The van der Waals surface area contributed by atoms with Crippen molar-refractivity contribution in [2.24, 2.45) is 22.0 Å². The molecule has 1 fully saturated rings. The van der Waals surface area contributed by atoms with Crippen molar-refractivity contribution in [2.45, 2.75) is 52.1 Å². The normalized spacial score (nSPS) is 20.0. The van der Waals surface area contributed by atoms with Gasteiger partial charge in [0.2, 0.25) is 0 Å². The molecular weight excluding hydrogens is 444 g/mol. The molecule has 3 heterocycles. The number of nitrogens with zero attached hydrogens (tertiary/aromatic N) is 5. The largest absolute Gasteiger partial charge is 0.494 e. The number of piperidine rings is 1. The number of amides is 1. The van der Waals surface area contributed by atoms with Gasteiger partial charge in [-0.2, -0.15) is 10.2 Å². The SMILES string of the molecule is COCCCCn1c(C(=O)N(CC(C)C)[C@@H]2CNC[C@H](C3=NN=CC3)C2)nc2c(OC)cccc21. The Morgan fingerprint density at radius 1 is 1.26 bits per heavy atom. The van der Waals surface area contributed by atoms with Gasteiger partial charge in [0.05, 0.1) is 18.3 Å². The van der Waals surface area contributed by atoms with E-state index in [-0.39, 0.29) is 17.9 Å². The maximum atomic E-state index is 14.2. The Balaban J connectivity index is 1.66. The number of carbonyl (C=O) groups excluding carboxylic acids is 1. The zero-order chi connectivity index (χ0) is 24.8. The van der Waals surface area contributed by atoms with Crippen LogP contribution in [0.1, 0.15) is 50.1 Å². The first-order chi connectivity index (χ1) is 17.0. The molecule has 1 aromatic carbocycles. The van der Waals surface area contributed by atoms with Gasteiger partial charge in [-0.25, -0.2) is 4.98 Å². The topological polar surface area (TPSA) is 93.3 Å². The molecule has 1 N–H and O–H groups in total. The number of rotatable bonds is 11. The van der Waals surface area contributed by atoms with Gasteiger partial charge in [-0.05, 0) is 37.3 Å². The van der Waals surface area contributed by atoms with E-state index in [9.17, 15) is 4.79 Å². The van der Waals surface area contributed by atoms with Gasteiger partial charge in [-0.15, -0.1) is 0 Å². The predicted molar refractivity (Wildman–Crippen MR) is 139 cm³/mol. The number of methoxy groups -OCH3 is 2. The second kappa shape index (κ2) is 11.8. The molecule has 0 unspecified atom stereocenters.